The van der Waals surface area contributed by atoms with Crippen molar-refractivity contribution in [3.05, 3.63) is 53.6 Å². The summed E-state index contributed by atoms with van der Waals surface area (Å²) in [7, 11) is -3.41. The van der Waals surface area contributed by atoms with Crippen LogP contribution in [-0.2, 0) is 21.2 Å². The number of amides is 1. The minimum absolute atomic E-state index is 0.0534. The maximum atomic E-state index is 13.1. The zero-order chi connectivity index (χ0) is 23.5. The van der Waals surface area contributed by atoms with Crippen molar-refractivity contribution in [1.82, 2.24) is 9.21 Å². The Morgan fingerprint density at radius 2 is 1.62 bits per heavy atom. The van der Waals surface area contributed by atoms with Crippen LogP contribution in [0.25, 0.3) is 0 Å². The Balaban J connectivity index is 1.22. The molecule has 1 unspecified atom stereocenters. The quantitative estimate of drug-likeness (QED) is 0.621. The average molecular weight is 485 g/mol. The molecule has 0 aromatic heterocycles. The fourth-order valence-electron chi connectivity index (χ4n) is 5.10. The normalized spacial score (nSPS) is 20.9. The standard InChI is InChI=1S/C26H32N2O5S/c29-26(13-8-20-6-10-22(11-7-20)34(30,31)27-14-1-2-15-27)28-16-3-5-23(28)21-9-12-24-25(19-21)33-18-4-17-32-24/h6-7,9-12,19,23H,1-5,8,13-18H2. The molecule has 2 aromatic carbocycles. The van der Waals surface area contributed by atoms with Crippen molar-refractivity contribution in [2.24, 2.45) is 0 Å². The van der Waals surface area contributed by atoms with Crippen LogP contribution >= 0.6 is 0 Å². The molecule has 0 saturated carbocycles. The first-order valence-corrected chi connectivity index (χ1v) is 13.7. The SMILES string of the molecule is O=C(CCc1ccc(S(=O)(=O)N2CCCC2)cc1)N1CCCC1c1ccc2c(c1)OCCCO2. The number of hydrogen-bond donors (Lipinski definition) is 0. The molecule has 0 spiro atoms. The second kappa shape index (κ2) is 9.96. The van der Waals surface area contributed by atoms with Crippen LogP contribution < -0.4 is 9.47 Å². The van der Waals surface area contributed by atoms with Gasteiger partial charge in [0, 0.05) is 32.5 Å². The van der Waals surface area contributed by atoms with Gasteiger partial charge >= 0.3 is 0 Å². The van der Waals surface area contributed by atoms with Crippen molar-refractivity contribution in [3.63, 3.8) is 0 Å². The van der Waals surface area contributed by atoms with Gasteiger partial charge in [-0.05, 0) is 67.5 Å². The molecule has 0 N–H and O–H groups in total. The van der Waals surface area contributed by atoms with Crippen molar-refractivity contribution in [3.8, 4) is 11.5 Å². The monoisotopic (exact) mass is 484 g/mol. The van der Waals surface area contributed by atoms with E-state index in [1.54, 1.807) is 16.4 Å². The molecule has 2 fully saturated rings. The van der Waals surface area contributed by atoms with Crippen molar-refractivity contribution in [2.45, 2.75) is 55.9 Å². The van der Waals surface area contributed by atoms with Crippen LogP contribution in [-0.4, -0.2) is 56.4 Å². The zero-order valence-electron chi connectivity index (χ0n) is 19.4. The van der Waals surface area contributed by atoms with E-state index in [4.69, 9.17) is 9.47 Å². The Kier molecular flexibility index (Phi) is 6.79. The molecule has 0 bridgehead atoms. The number of carbonyl (C=O) groups is 1. The molecule has 3 aliphatic rings. The van der Waals surface area contributed by atoms with Gasteiger partial charge in [-0.1, -0.05) is 18.2 Å². The molecule has 1 amide bonds. The molecule has 3 heterocycles. The Morgan fingerprint density at radius 1 is 0.882 bits per heavy atom. The van der Waals surface area contributed by atoms with Gasteiger partial charge in [-0.15, -0.1) is 0 Å². The van der Waals surface area contributed by atoms with Gasteiger partial charge in [-0.2, -0.15) is 4.31 Å². The number of fused-ring (bicyclic) bond motifs is 1. The van der Waals surface area contributed by atoms with Gasteiger partial charge in [0.25, 0.3) is 0 Å². The van der Waals surface area contributed by atoms with E-state index in [0.29, 0.717) is 44.0 Å². The fourth-order valence-corrected chi connectivity index (χ4v) is 6.62. The molecule has 182 valence electrons. The number of ether oxygens (including phenoxy) is 2. The lowest BCUT2D eigenvalue weighted by Crippen LogP contribution is -2.30. The first-order valence-electron chi connectivity index (χ1n) is 12.3. The third-order valence-corrected chi connectivity index (χ3v) is 8.90. The second-order valence-corrected chi connectivity index (χ2v) is 11.2. The van der Waals surface area contributed by atoms with E-state index >= 15 is 0 Å². The lowest BCUT2D eigenvalue weighted by molar-refractivity contribution is -0.132. The lowest BCUT2D eigenvalue weighted by atomic mass is 10.0. The highest BCUT2D eigenvalue weighted by Crippen LogP contribution is 2.38. The Bertz CT molecular complexity index is 1130. The van der Waals surface area contributed by atoms with E-state index in [-0.39, 0.29) is 11.9 Å². The van der Waals surface area contributed by atoms with E-state index < -0.39 is 10.0 Å². The molecule has 0 aliphatic carbocycles. The first kappa shape index (κ1) is 23.2. The predicted molar refractivity (Wildman–Crippen MR) is 128 cm³/mol. The maximum absolute atomic E-state index is 13.1. The number of aryl methyl sites for hydroxylation is 1. The summed E-state index contributed by atoms with van der Waals surface area (Å²) in [4.78, 5) is 15.4. The third kappa shape index (κ3) is 4.79. The maximum Gasteiger partial charge on any atom is 0.243 e. The lowest BCUT2D eigenvalue weighted by Gasteiger charge is -2.26. The highest BCUT2D eigenvalue weighted by Gasteiger charge is 2.31. The summed E-state index contributed by atoms with van der Waals surface area (Å²) >= 11 is 0. The summed E-state index contributed by atoms with van der Waals surface area (Å²) in [5.74, 6) is 1.66. The highest BCUT2D eigenvalue weighted by atomic mass is 32.2. The van der Waals surface area contributed by atoms with Crippen LogP contribution in [0.5, 0.6) is 11.5 Å². The van der Waals surface area contributed by atoms with Gasteiger partial charge in [0.15, 0.2) is 11.5 Å². The smallest absolute Gasteiger partial charge is 0.243 e. The van der Waals surface area contributed by atoms with Crippen LogP contribution in [0.1, 0.15) is 55.7 Å². The van der Waals surface area contributed by atoms with Crippen LogP contribution in [0.15, 0.2) is 47.4 Å². The molecule has 5 rings (SSSR count). The number of benzene rings is 2. The number of likely N-dealkylation sites (tertiary alicyclic amines) is 1. The summed E-state index contributed by atoms with van der Waals surface area (Å²) in [5.41, 5.74) is 2.06. The first-order chi connectivity index (χ1) is 16.5. The number of sulfonamides is 1. The second-order valence-electron chi connectivity index (χ2n) is 9.26. The number of carbonyl (C=O) groups excluding carboxylic acids is 1. The summed E-state index contributed by atoms with van der Waals surface area (Å²) in [6, 6.07) is 13.1. The van der Waals surface area contributed by atoms with Crippen molar-refractivity contribution in [1.29, 1.82) is 0 Å². The Labute approximate surface area is 201 Å². The number of nitrogens with zero attached hydrogens (tertiary/aromatic N) is 2. The van der Waals surface area contributed by atoms with Gasteiger partial charge in [0.1, 0.15) is 0 Å². The van der Waals surface area contributed by atoms with Gasteiger partial charge in [-0.25, -0.2) is 8.42 Å². The molecule has 2 saturated heterocycles. The number of hydrogen-bond acceptors (Lipinski definition) is 5. The molecular formula is C26H32N2O5S. The summed E-state index contributed by atoms with van der Waals surface area (Å²) in [6.07, 6.45) is 5.62. The third-order valence-electron chi connectivity index (χ3n) is 6.98. The highest BCUT2D eigenvalue weighted by molar-refractivity contribution is 7.89. The Morgan fingerprint density at radius 3 is 2.38 bits per heavy atom. The van der Waals surface area contributed by atoms with Gasteiger partial charge in [-0.3, -0.25) is 4.79 Å². The van der Waals surface area contributed by atoms with Crippen LogP contribution in [0, 0.1) is 0 Å². The topological polar surface area (TPSA) is 76.2 Å². The summed E-state index contributed by atoms with van der Waals surface area (Å²) < 4.78 is 38.6. The summed E-state index contributed by atoms with van der Waals surface area (Å²) in [5, 5.41) is 0. The molecule has 2 aromatic rings. The minimum atomic E-state index is -3.41. The largest absolute Gasteiger partial charge is 0.490 e. The minimum Gasteiger partial charge on any atom is -0.490 e. The van der Waals surface area contributed by atoms with Gasteiger partial charge < -0.3 is 14.4 Å². The Hall–Kier alpha value is -2.58. The summed E-state index contributed by atoms with van der Waals surface area (Å²) in [6.45, 7) is 3.25. The van der Waals surface area contributed by atoms with Crippen molar-refractivity contribution < 1.29 is 22.7 Å². The predicted octanol–water partition coefficient (Wildman–Crippen LogP) is 3.93. The van der Waals surface area contributed by atoms with Crippen LogP contribution in [0.3, 0.4) is 0 Å². The fraction of sp³-hybridized carbons (Fsp3) is 0.500. The molecule has 1 atom stereocenters. The molecule has 3 aliphatic heterocycles. The van der Waals surface area contributed by atoms with Crippen LogP contribution in [0.4, 0.5) is 0 Å². The zero-order valence-corrected chi connectivity index (χ0v) is 20.3. The molecule has 7 nitrogen and oxygen atoms in total. The van der Waals surface area contributed by atoms with Crippen molar-refractivity contribution in [2.75, 3.05) is 32.8 Å². The molecule has 8 heteroatoms. The van der Waals surface area contributed by atoms with Crippen LogP contribution in [0.2, 0.25) is 0 Å². The number of rotatable bonds is 6. The van der Waals surface area contributed by atoms with E-state index in [0.717, 1.165) is 61.3 Å². The molecule has 0 radical (unpaired) electrons. The average Bonchev–Trinajstić information content (AvgIpc) is 3.52. The van der Waals surface area contributed by atoms with Gasteiger partial charge in [0.2, 0.25) is 15.9 Å². The van der Waals surface area contributed by atoms with E-state index in [1.807, 2.05) is 35.2 Å². The van der Waals surface area contributed by atoms with E-state index in [1.165, 1.54) is 0 Å². The van der Waals surface area contributed by atoms with Gasteiger partial charge in [0.05, 0.1) is 24.2 Å². The van der Waals surface area contributed by atoms with E-state index in [2.05, 4.69) is 0 Å². The van der Waals surface area contributed by atoms with Crippen molar-refractivity contribution >= 4 is 15.9 Å². The molecular weight excluding hydrogens is 452 g/mol. The van der Waals surface area contributed by atoms with E-state index in [9.17, 15) is 13.2 Å². The molecule has 34 heavy (non-hydrogen) atoms.